The fourth-order valence-corrected chi connectivity index (χ4v) is 3.31. The van der Waals surface area contributed by atoms with Crippen LogP contribution in [0.1, 0.15) is 21.5 Å². The molecule has 27 heavy (non-hydrogen) atoms. The van der Waals surface area contributed by atoms with Crippen LogP contribution >= 0.6 is 0 Å². The number of halogens is 2. The lowest BCUT2D eigenvalue weighted by Crippen LogP contribution is -2.37. The van der Waals surface area contributed by atoms with Gasteiger partial charge in [-0.1, -0.05) is 12.1 Å². The third kappa shape index (κ3) is 3.26. The minimum atomic E-state index is -0.551. The van der Waals surface area contributed by atoms with Crippen LogP contribution in [-0.2, 0) is 13.0 Å². The predicted octanol–water partition coefficient (Wildman–Crippen LogP) is 3.31. The topological polar surface area (TPSA) is 42.3 Å². The Morgan fingerprint density at radius 3 is 2.44 bits per heavy atom. The van der Waals surface area contributed by atoms with Gasteiger partial charge in [0, 0.05) is 31.0 Å². The van der Waals surface area contributed by atoms with Crippen molar-refractivity contribution >= 4 is 5.91 Å². The van der Waals surface area contributed by atoms with E-state index >= 15 is 0 Å². The second-order valence-corrected chi connectivity index (χ2v) is 6.47. The molecule has 0 aliphatic carbocycles. The maximum atomic E-state index is 13.9. The van der Waals surface area contributed by atoms with Crippen molar-refractivity contribution in [1.29, 1.82) is 0 Å². The van der Waals surface area contributed by atoms with E-state index in [0.717, 1.165) is 11.1 Å². The third-order valence-corrected chi connectivity index (χ3v) is 4.74. The summed E-state index contributed by atoms with van der Waals surface area (Å²) in [6.45, 7) is 0.699. The van der Waals surface area contributed by atoms with Gasteiger partial charge in [0.25, 0.3) is 11.5 Å². The van der Waals surface area contributed by atoms with Crippen LogP contribution in [0.5, 0.6) is 0 Å². The molecule has 1 aliphatic heterocycles. The minimum absolute atomic E-state index is 0.0350. The van der Waals surface area contributed by atoms with Gasteiger partial charge in [0.1, 0.15) is 11.6 Å². The van der Waals surface area contributed by atoms with E-state index in [-0.39, 0.29) is 29.4 Å². The van der Waals surface area contributed by atoms with Gasteiger partial charge in [-0.05, 0) is 53.9 Å². The number of carbonyl (C=O) groups is 1. The van der Waals surface area contributed by atoms with Gasteiger partial charge < -0.3 is 4.90 Å². The van der Waals surface area contributed by atoms with Gasteiger partial charge in [-0.2, -0.15) is 0 Å². The Balaban J connectivity index is 1.67. The average molecular weight is 366 g/mol. The molecule has 0 bridgehead atoms. The molecular weight excluding hydrogens is 350 g/mol. The summed E-state index contributed by atoms with van der Waals surface area (Å²) >= 11 is 0. The number of benzene rings is 2. The molecule has 0 unspecified atom stereocenters. The van der Waals surface area contributed by atoms with Crippen molar-refractivity contribution in [2.24, 2.45) is 0 Å². The molecule has 0 spiro atoms. The number of rotatable bonds is 2. The van der Waals surface area contributed by atoms with Crippen LogP contribution in [-0.4, -0.2) is 21.9 Å². The molecule has 0 fully saturated rings. The van der Waals surface area contributed by atoms with Crippen LogP contribution in [0.4, 0.5) is 8.78 Å². The smallest absolute Gasteiger partial charge is 0.257 e. The van der Waals surface area contributed by atoms with Crippen molar-refractivity contribution in [3.05, 3.63) is 99.5 Å². The average Bonchev–Trinajstić information content (AvgIpc) is 2.68. The molecule has 6 heteroatoms. The molecule has 1 aliphatic rings. The van der Waals surface area contributed by atoms with E-state index in [4.69, 9.17) is 0 Å². The molecule has 0 radical (unpaired) electrons. The summed E-state index contributed by atoms with van der Waals surface area (Å²) in [5.41, 5.74) is 2.05. The molecule has 2 aromatic carbocycles. The number of amides is 1. The van der Waals surface area contributed by atoms with Crippen molar-refractivity contribution in [3.63, 3.8) is 0 Å². The first kappa shape index (κ1) is 17.1. The number of pyridine rings is 1. The summed E-state index contributed by atoms with van der Waals surface area (Å²) in [6, 6.07) is 13.1. The molecule has 1 aromatic heterocycles. The highest BCUT2D eigenvalue weighted by atomic mass is 19.1. The summed E-state index contributed by atoms with van der Waals surface area (Å²) in [6.07, 6.45) is 2.20. The Morgan fingerprint density at radius 1 is 0.963 bits per heavy atom. The first-order valence-electron chi connectivity index (χ1n) is 8.57. The largest absolute Gasteiger partial charge is 0.334 e. The van der Waals surface area contributed by atoms with Crippen molar-refractivity contribution in [2.75, 3.05) is 6.54 Å². The summed E-state index contributed by atoms with van der Waals surface area (Å²) < 4.78 is 28.5. The Bertz CT molecular complexity index is 1070. The highest BCUT2D eigenvalue weighted by Crippen LogP contribution is 2.21. The number of hydrogen-bond acceptors (Lipinski definition) is 2. The number of nitrogens with zero attached hydrogens (tertiary/aromatic N) is 2. The van der Waals surface area contributed by atoms with Crippen LogP contribution in [0.25, 0.3) is 5.69 Å². The molecule has 0 atom stereocenters. The highest BCUT2D eigenvalue weighted by Gasteiger charge is 2.24. The molecular formula is C21H16F2N2O2. The Kier molecular flexibility index (Phi) is 4.32. The van der Waals surface area contributed by atoms with Crippen LogP contribution in [0, 0.1) is 11.6 Å². The Morgan fingerprint density at radius 2 is 1.70 bits per heavy atom. The fraction of sp³-hybridized carbons (Fsp3) is 0.143. The monoisotopic (exact) mass is 366 g/mol. The van der Waals surface area contributed by atoms with Gasteiger partial charge >= 0.3 is 0 Å². The molecule has 0 saturated carbocycles. The molecule has 4 nitrogen and oxygen atoms in total. The summed E-state index contributed by atoms with van der Waals surface area (Å²) in [4.78, 5) is 26.6. The molecule has 4 rings (SSSR count). The van der Waals surface area contributed by atoms with Gasteiger partial charge in [0.2, 0.25) is 0 Å². The van der Waals surface area contributed by atoms with E-state index in [1.165, 1.54) is 41.0 Å². The van der Waals surface area contributed by atoms with Gasteiger partial charge in [-0.3, -0.25) is 14.2 Å². The lowest BCUT2D eigenvalue weighted by Gasteiger charge is -2.29. The molecule has 3 aromatic rings. The van der Waals surface area contributed by atoms with Crippen molar-refractivity contribution in [3.8, 4) is 5.69 Å². The standard InChI is InChI=1S/C21H16F2N2O2/c22-16-5-7-17(8-6-16)25-13-15-12-24(10-9-14(15)11-20(25)26)21(27)18-3-1-2-4-19(18)23/h1-8,11,13H,9-10,12H2. The van der Waals surface area contributed by atoms with E-state index in [1.54, 1.807) is 29.3 Å². The Labute approximate surface area is 154 Å². The van der Waals surface area contributed by atoms with E-state index in [1.807, 2.05) is 0 Å². The summed E-state index contributed by atoms with van der Waals surface area (Å²) in [5, 5.41) is 0. The lowest BCUT2D eigenvalue weighted by atomic mass is 10.0. The second kappa shape index (κ2) is 6.79. The van der Waals surface area contributed by atoms with Crippen molar-refractivity contribution in [1.82, 2.24) is 9.47 Å². The SMILES string of the molecule is O=C(c1ccccc1F)N1CCc2cc(=O)n(-c3ccc(F)cc3)cc2C1. The van der Waals surface area contributed by atoms with Crippen LogP contribution in [0.2, 0.25) is 0 Å². The van der Waals surface area contributed by atoms with Gasteiger partial charge in [0.15, 0.2) is 0 Å². The zero-order chi connectivity index (χ0) is 19.0. The fourth-order valence-electron chi connectivity index (χ4n) is 3.31. The quantitative estimate of drug-likeness (QED) is 0.698. The maximum absolute atomic E-state index is 13.9. The number of hydrogen-bond donors (Lipinski definition) is 0. The molecule has 136 valence electrons. The maximum Gasteiger partial charge on any atom is 0.257 e. The van der Waals surface area contributed by atoms with Gasteiger partial charge in [-0.15, -0.1) is 0 Å². The Hall–Kier alpha value is -3.28. The van der Waals surface area contributed by atoms with E-state index in [0.29, 0.717) is 18.7 Å². The zero-order valence-corrected chi connectivity index (χ0v) is 14.4. The number of carbonyl (C=O) groups excluding carboxylic acids is 1. The summed E-state index contributed by atoms with van der Waals surface area (Å²) in [5.74, 6) is -1.31. The predicted molar refractivity (Wildman–Crippen MR) is 96.8 cm³/mol. The van der Waals surface area contributed by atoms with Crippen molar-refractivity contribution < 1.29 is 13.6 Å². The van der Waals surface area contributed by atoms with E-state index < -0.39 is 5.82 Å². The minimum Gasteiger partial charge on any atom is -0.334 e. The molecule has 2 heterocycles. The van der Waals surface area contributed by atoms with E-state index in [2.05, 4.69) is 0 Å². The zero-order valence-electron chi connectivity index (χ0n) is 14.4. The van der Waals surface area contributed by atoms with E-state index in [9.17, 15) is 18.4 Å². The second-order valence-electron chi connectivity index (χ2n) is 6.47. The molecule has 1 amide bonds. The first-order valence-corrected chi connectivity index (χ1v) is 8.57. The first-order chi connectivity index (χ1) is 13.0. The van der Waals surface area contributed by atoms with Crippen LogP contribution in [0.3, 0.4) is 0 Å². The normalized spacial score (nSPS) is 13.3. The number of aromatic nitrogens is 1. The molecule has 0 N–H and O–H groups in total. The molecule has 0 saturated heterocycles. The number of fused-ring (bicyclic) bond motifs is 1. The van der Waals surface area contributed by atoms with Crippen LogP contribution in [0.15, 0.2) is 65.6 Å². The van der Waals surface area contributed by atoms with Crippen LogP contribution < -0.4 is 5.56 Å². The summed E-state index contributed by atoms with van der Waals surface area (Å²) in [7, 11) is 0. The third-order valence-electron chi connectivity index (χ3n) is 4.74. The van der Waals surface area contributed by atoms with Gasteiger partial charge in [0.05, 0.1) is 5.56 Å². The lowest BCUT2D eigenvalue weighted by molar-refractivity contribution is 0.0729. The van der Waals surface area contributed by atoms with Gasteiger partial charge in [-0.25, -0.2) is 8.78 Å². The highest BCUT2D eigenvalue weighted by molar-refractivity contribution is 5.94. The van der Waals surface area contributed by atoms with Crippen molar-refractivity contribution in [2.45, 2.75) is 13.0 Å².